The number of anilines is 2. The molecule has 0 saturated carbocycles. The zero-order valence-electron chi connectivity index (χ0n) is 10.6. The number of benzene rings is 1. The summed E-state index contributed by atoms with van der Waals surface area (Å²) in [4.78, 5) is 17.1. The van der Waals surface area contributed by atoms with Crippen LogP contribution in [0.2, 0.25) is 0 Å². The van der Waals surface area contributed by atoms with Crippen molar-refractivity contribution >= 4 is 70.7 Å². The standard InChI is InChI=1S/C14H9Br2N3OS/c15-7-3-4-9(8(16)6-7)19-14(20)13-11(17)12-10(21-13)2-1-5-18-12/h1-6H,17H2,(H,19,20). The highest BCUT2D eigenvalue weighted by molar-refractivity contribution is 9.11. The Morgan fingerprint density at radius 2 is 2.10 bits per heavy atom. The third-order valence-corrected chi connectivity index (χ3v) is 5.18. The minimum absolute atomic E-state index is 0.237. The average molecular weight is 427 g/mol. The lowest BCUT2D eigenvalue weighted by Crippen LogP contribution is -2.12. The number of fused-ring (bicyclic) bond motifs is 1. The minimum Gasteiger partial charge on any atom is -0.396 e. The maximum absolute atomic E-state index is 12.4. The number of rotatable bonds is 2. The van der Waals surface area contributed by atoms with E-state index in [1.165, 1.54) is 11.3 Å². The summed E-state index contributed by atoms with van der Waals surface area (Å²) in [5, 5.41) is 2.85. The zero-order valence-corrected chi connectivity index (χ0v) is 14.5. The molecule has 1 amide bonds. The maximum Gasteiger partial charge on any atom is 0.267 e. The fraction of sp³-hybridized carbons (Fsp3) is 0. The number of thiophene rings is 1. The van der Waals surface area contributed by atoms with Gasteiger partial charge in [-0.05, 0) is 46.3 Å². The topological polar surface area (TPSA) is 68.0 Å². The van der Waals surface area contributed by atoms with Crippen molar-refractivity contribution in [2.45, 2.75) is 0 Å². The number of nitrogens with one attached hydrogen (secondary N) is 1. The first-order valence-corrected chi connectivity index (χ1v) is 8.36. The number of nitrogens with zero attached hydrogens (tertiary/aromatic N) is 1. The van der Waals surface area contributed by atoms with Crippen molar-refractivity contribution in [2.24, 2.45) is 0 Å². The van der Waals surface area contributed by atoms with Crippen LogP contribution in [0.5, 0.6) is 0 Å². The first-order valence-electron chi connectivity index (χ1n) is 5.95. The van der Waals surface area contributed by atoms with Crippen LogP contribution in [-0.2, 0) is 0 Å². The van der Waals surface area contributed by atoms with Gasteiger partial charge in [-0.3, -0.25) is 9.78 Å². The predicted octanol–water partition coefficient (Wildman–Crippen LogP) is 4.66. The van der Waals surface area contributed by atoms with Crippen LogP contribution in [0.25, 0.3) is 10.2 Å². The van der Waals surface area contributed by atoms with Gasteiger partial charge in [-0.1, -0.05) is 15.9 Å². The van der Waals surface area contributed by atoms with Crippen molar-refractivity contribution in [3.05, 3.63) is 50.4 Å². The van der Waals surface area contributed by atoms with Crippen LogP contribution in [0.4, 0.5) is 11.4 Å². The monoisotopic (exact) mass is 425 g/mol. The molecule has 3 aromatic rings. The maximum atomic E-state index is 12.4. The molecular weight excluding hydrogens is 418 g/mol. The lowest BCUT2D eigenvalue weighted by Gasteiger charge is -2.07. The van der Waals surface area contributed by atoms with Gasteiger partial charge >= 0.3 is 0 Å². The molecule has 2 aromatic heterocycles. The Morgan fingerprint density at radius 3 is 2.81 bits per heavy atom. The van der Waals surface area contributed by atoms with E-state index in [2.05, 4.69) is 42.2 Å². The molecule has 0 aliphatic heterocycles. The van der Waals surface area contributed by atoms with E-state index in [1.807, 2.05) is 30.3 Å². The molecule has 0 aliphatic rings. The van der Waals surface area contributed by atoms with Gasteiger partial charge in [0.15, 0.2) is 0 Å². The summed E-state index contributed by atoms with van der Waals surface area (Å²) >= 11 is 8.13. The number of pyridine rings is 1. The van der Waals surface area contributed by atoms with Crippen molar-refractivity contribution in [3.63, 3.8) is 0 Å². The summed E-state index contributed by atoms with van der Waals surface area (Å²) in [5.41, 5.74) is 7.80. The summed E-state index contributed by atoms with van der Waals surface area (Å²) in [6, 6.07) is 9.26. The Morgan fingerprint density at radius 1 is 1.29 bits per heavy atom. The van der Waals surface area contributed by atoms with Gasteiger partial charge in [0.1, 0.15) is 10.4 Å². The van der Waals surface area contributed by atoms with Gasteiger partial charge in [-0.25, -0.2) is 0 Å². The summed E-state index contributed by atoms with van der Waals surface area (Å²) in [6.45, 7) is 0. The Balaban J connectivity index is 1.95. The third kappa shape index (κ3) is 2.81. The van der Waals surface area contributed by atoms with Crippen molar-refractivity contribution in [1.82, 2.24) is 4.98 Å². The van der Waals surface area contributed by atoms with Crippen LogP contribution in [0.1, 0.15) is 9.67 Å². The van der Waals surface area contributed by atoms with Gasteiger partial charge in [-0.15, -0.1) is 11.3 Å². The molecule has 0 fully saturated rings. The molecule has 0 spiro atoms. The molecule has 21 heavy (non-hydrogen) atoms. The van der Waals surface area contributed by atoms with E-state index in [9.17, 15) is 4.79 Å². The van der Waals surface area contributed by atoms with Gasteiger partial charge in [-0.2, -0.15) is 0 Å². The average Bonchev–Trinajstić information content (AvgIpc) is 2.80. The molecule has 0 atom stereocenters. The number of carbonyl (C=O) groups excluding carboxylic acids is 1. The van der Waals surface area contributed by atoms with E-state index >= 15 is 0 Å². The molecule has 0 unspecified atom stereocenters. The lowest BCUT2D eigenvalue weighted by molar-refractivity contribution is 0.103. The first-order chi connectivity index (χ1) is 10.1. The van der Waals surface area contributed by atoms with Gasteiger partial charge in [0.05, 0.1) is 16.1 Å². The molecule has 0 aliphatic carbocycles. The summed E-state index contributed by atoms with van der Waals surface area (Å²) in [5.74, 6) is -0.237. The summed E-state index contributed by atoms with van der Waals surface area (Å²) in [7, 11) is 0. The van der Waals surface area contributed by atoms with Crippen molar-refractivity contribution in [3.8, 4) is 0 Å². The number of carbonyl (C=O) groups is 1. The Kier molecular flexibility index (Phi) is 3.97. The molecule has 3 rings (SSSR count). The second-order valence-corrected chi connectivity index (χ2v) is 7.10. The van der Waals surface area contributed by atoms with Crippen LogP contribution in [0.15, 0.2) is 45.5 Å². The van der Waals surface area contributed by atoms with Crippen LogP contribution in [-0.4, -0.2) is 10.9 Å². The Bertz CT molecular complexity index is 847. The molecule has 7 heteroatoms. The van der Waals surface area contributed by atoms with Gasteiger partial charge in [0.2, 0.25) is 0 Å². The summed E-state index contributed by atoms with van der Waals surface area (Å²) < 4.78 is 2.62. The van der Waals surface area contributed by atoms with Crippen LogP contribution >= 0.6 is 43.2 Å². The van der Waals surface area contributed by atoms with E-state index in [0.717, 1.165) is 13.6 Å². The molecule has 0 bridgehead atoms. The molecule has 0 radical (unpaired) electrons. The van der Waals surface area contributed by atoms with Gasteiger partial charge < -0.3 is 11.1 Å². The normalized spacial score (nSPS) is 10.8. The fourth-order valence-corrected chi connectivity index (χ4v) is 4.01. The number of hydrogen-bond acceptors (Lipinski definition) is 4. The predicted molar refractivity (Wildman–Crippen MR) is 93.8 cm³/mol. The number of nitrogens with two attached hydrogens (primary N) is 1. The third-order valence-electron chi connectivity index (χ3n) is 2.87. The lowest BCUT2D eigenvalue weighted by atomic mass is 10.3. The first kappa shape index (κ1) is 14.5. The van der Waals surface area contributed by atoms with E-state index in [0.29, 0.717) is 21.8 Å². The number of amides is 1. The van der Waals surface area contributed by atoms with Gasteiger partial charge in [0.25, 0.3) is 5.91 Å². The molecule has 4 nitrogen and oxygen atoms in total. The number of halogens is 2. The molecule has 1 aromatic carbocycles. The van der Waals surface area contributed by atoms with Crippen molar-refractivity contribution < 1.29 is 4.79 Å². The quantitative estimate of drug-likeness (QED) is 0.626. The van der Waals surface area contributed by atoms with E-state index in [-0.39, 0.29) is 5.91 Å². The largest absolute Gasteiger partial charge is 0.396 e. The van der Waals surface area contributed by atoms with E-state index in [4.69, 9.17) is 5.73 Å². The molecule has 3 N–H and O–H groups in total. The number of aromatic nitrogens is 1. The van der Waals surface area contributed by atoms with E-state index < -0.39 is 0 Å². The highest BCUT2D eigenvalue weighted by atomic mass is 79.9. The number of nitrogen functional groups attached to an aromatic ring is 1. The SMILES string of the molecule is Nc1c(C(=O)Nc2ccc(Br)cc2Br)sc2cccnc12. The molecular formula is C14H9Br2N3OS. The van der Waals surface area contributed by atoms with Crippen LogP contribution < -0.4 is 11.1 Å². The smallest absolute Gasteiger partial charge is 0.267 e. The Labute approximate surface area is 141 Å². The highest BCUT2D eigenvalue weighted by Gasteiger charge is 2.17. The molecule has 2 heterocycles. The van der Waals surface area contributed by atoms with Crippen LogP contribution in [0.3, 0.4) is 0 Å². The number of hydrogen-bond donors (Lipinski definition) is 2. The molecule has 106 valence electrons. The van der Waals surface area contributed by atoms with Gasteiger partial charge in [0, 0.05) is 15.1 Å². The highest BCUT2D eigenvalue weighted by Crippen LogP contribution is 2.33. The second kappa shape index (κ2) is 5.75. The Hall–Kier alpha value is -1.44. The van der Waals surface area contributed by atoms with Crippen LogP contribution in [0, 0.1) is 0 Å². The van der Waals surface area contributed by atoms with Crippen molar-refractivity contribution in [1.29, 1.82) is 0 Å². The minimum atomic E-state index is -0.237. The zero-order chi connectivity index (χ0) is 15.0. The summed E-state index contributed by atoms with van der Waals surface area (Å²) in [6.07, 6.45) is 1.67. The molecule has 0 saturated heterocycles. The second-order valence-electron chi connectivity index (χ2n) is 4.27. The van der Waals surface area contributed by atoms with E-state index in [1.54, 1.807) is 6.20 Å². The van der Waals surface area contributed by atoms with Crippen molar-refractivity contribution in [2.75, 3.05) is 11.1 Å². The fourth-order valence-electron chi connectivity index (χ4n) is 1.89.